The van der Waals surface area contributed by atoms with Crippen LogP contribution in [-0.4, -0.2) is 8.61 Å². The molecular weight excluding hydrogens is 290 g/mol. The maximum Gasteiger partial charge on any atom is 0.0667 e. The van der Waals surface area contributed by atoms with Crippen molar-refractivity contribution >= 4 is 27.9 Å². The molecule has 1 unspecified atom stereocenters. The van der Waals surface area contributed by atoms with Crippen LogP contribution in [0, 0.1) is 6.92 Å². The third-order valence-corrected chi connectivity index (χ3v) is 4.91. The lowest BCUT2D eigenvalue weighted by molar-refractivity contribution is 0.682. The van der Waals surface area contributed by atoms with Crippen molar-refractivity contribution in [2.75, 3.05) is 0 Å². The highest BCUT2D eigenvalue weighted by Crippen LogP contribution is 2.25. The first-order valence-corrected chi connectivity index (χ1v) is 8.04. The van der Waals surface area contributed by atoms with E-state index in [2.05, 4.69) is 0 Å². The highest BCUT2D eigenvalue weighted by atomic mass is 35.5. The predicted octanol–water partition coefficient (Wildman–Crippen LogP) is 4.21. The Morgan fingerprint density at radius 1 is 1.20 bits per heavy atom. The van der Waals surface area contributed by atoms with Gasteiger partial charge in [0.2, 0.25) is 0 Å². The van der Waals surface area contributed by atoms with Gasteiger partial charge in [-0.25, -0.2) is 0 Å². The zero-order valence-corrected chi connectivity index (χ0v) is 12.6. The summed E-state index contributed by atoms with van der Waals surface area (Å²) in [6, 6.07) is 13.7. The largest absolute Gasteiger partial charge is 0.321 e. The van der Waals surface area contributed by atoms with E-state index in [4.69, 9.17) is 11.6 Å². The minimum absolute atomic E-state index is 0.503. The van der Waals surface area contributed by atoms with Gasteiger partial charge < -0.3 is 4.40 Å². The Labute approximate surface area is 125 Å². The molecule has 0 aliphatic carbocycles. The van der Waals surface area contributed by atoms with Crippen molar-refractivity contribution in [1.82, 2.24) is 4.40 Å². The molecule has 2 nitrogen and oxygen atoms in total. The molecule has 3 aromatic rings. The molecule has 20 heavy (non-hydrogen) atoms. The van der Waals surface area contributed by atoms with E-state index >= 15 is 0 Å². The number of nitrogens with zero attached hydrogens (tertiary/aromatic N) is 1. The molecule has 0 N–H and O–H groups in total. The number of rotatable bonds is 3. The van der Waals surface area contributed by atoms with Crippen LogP contribution in [0.15, 0.2) is 59.8 Å². The zero-order chi connectivity index (χ0) is 14.1. The Bertz CT molecular complexity index is 780. The summed E-state index contributed by atoms with van der Waals surface area (Å²) in [5.41, 5.74) is 3.16. The molecule has 0 saturated heterocycles. The molecule has 0 fully saturated rings. The molecule has 1 atom stereocenters. The van der Waals surface area contributed by atoms with Crippen molar-refractivity contribution in [3.63, 3.8) is 0 Å². The minimum atomic E-state index is -1.10. The van der Waals surface area contributed by atoms with E-state index in [0.29, 0.717) is 10.8 Å². The number of halogens is 1. The lowest BCUT2D eigenvalue weighted by Crippen LogP contribution is -1.98. The number of pyridine rings is 1. The first-order chi connectivity index (χ1) is 9.65. The van der Waals surface area contributed by atoms with Crippen molar-refractivity contribution in [2.45, 2.75) is 17.6 Å². The predicted molar refractivity (Wildman–Crippen MR) is 83.7 cm³/mol. The quantitative estimate of drug-likeness (QED) is 0.710. The summed E-state index contributed by atoms with van der Waals surface area (Å²) in [5, 5.41) is 0.645. The highest BCUT2D eigenvalue weighted by molar-refractivity contribution is 7.84. The maximum absolute atomic E-state index is 12.5. The Morgan fingerprint density at radius 3 is 2.70 bits per heavy atom. The third-order valence-electron chi connectivity index (χ3n) is 3.28. The van der Waals surface area contributed by atoms with Crippen LogP contribution in [0.2, 0.25) is 5.02 Å². The molecule has 0 spiro atoms. The molecule has 4 heteroatoms. The topological polar surface area (TPSA) is 21.5 Å². The summed E-state index contributed by atoms with van der Waals surface area (Å²) in [6.45, 7) is 2.02. The second-order valence-electron chi connectivity index (χ2n) is 4.75. The monoisotopic (exact) mass is 303 g/mol. The van der Waals surface area contributed by atoms with Crippen molar-refractivity contribution in [1.29, 1.82) is 0 Å². The molecular formula is C16H14ClNOS. The van der Waals surface area contributed by atoms with Crippen LogP contribution in [0.3, 0.4) is 0 Å². The normalized spacial score (nSPS) is 12.7. The van der Waals surface area contributed by atoms with Gasteiger partial charge in [-0.1, -0.05) is 41.9 Å². The number of fused-ring (bicyclic) bond motifs is 1. The van der Waals surface area contributed by atoms with E-state index in [1.54, 1.807) is 0 Å². The smallest absolute Gasteiger partial charge is 0.0667 e. The van der Waals surface area contributed by atoms with Gasteiger partial charge in [0.05, 0.1) is 32.0 Å². The summed E-state index contributed by atoms with van der Waals surface area (Å²) in [5.74, 6) is 0.503. The van der Waals surface area contributed by atoms with Crippen molar-refractivity contribution in [3.05, 3.63) is 71.0 Å². The van der Waals surface area contributed by atoms with E-state index in [-0.39, 0.29) is 0 Å². The molecule has 102 valence electrons. The van der Waals surface area contributed by atoms with Gasteiger partial charge in [0.15, 0.2) is 0 Å². The van der Waals surface area contributed by atoms with Crippen LogP contribution in [0.5, 0.6) is 0 Å². The van der Waals surface area contributed by atoms with Crippen LogP contribution in [0.4, 0.5) is 0 Å². The van der Waals surface area contributed by atoms with Gasteiger partial charge in [0, 0.05) is 12.4 Å². The van der Waals surface area contributed by atoms with Gasteiger partial charge in [-0.05, 0) is 30.2 Å². The van der Waals surface area contributed by atoms with Gasteiger partial charge in [-0.3, -0.25) is 4.21 Å². The Kier molecular flexibility index (Phi) is 3.64. The number of hydrogen-bond acceptors (Lipinski definition) is 1. The van der Waals surface area contributed by atoms with Crippen molar-refractivity contribution < 1.29 is 4.21 Å². The first-order valence-electron chi connectivity index (χ1n) is 6.34. The van der Waals surface area contributed by atoms with Crippen LogP contribution < -0.4 is 0 Å². The summed E-state index contributed by atoms with van der Waals surface area (Å²) >= 11 is 6.30. The van der Waals surface area contributed by atoms with Crippen LogP contribution in [-0.2, 0) is 16.6 Å². The van der Waals surface area contributed by atoms with Gasteiger partial charge in [0.25, 0.3) is 0 Å². The van der Waals surface area contributed by atoms with Gasteiger partial charge in [0.1, 0.15) is 0 Å². The average Bonchev–Trinajstić information content (AvgIpc) is 2.82. The summed E-state index contributed by atoms with van der Waals surface area (Å²) in [6.07, 6.45) is 3.84. The van der Waals surface area contributed by atoms with Crippen molar-refractivity contribution in [2.24, 2.45) is 0 Å². The molecule has 0 aliphatic heterocycles. The lowest BCUT2D eigenvalue weighted by Gasteiger charge is -2.06. The van der Waals surface area contributed by atoms with Gasteiger partial charge >= 0.3 is 0 Å². The third kappa shape index (κ3) is 2.51. The molecule has 0 aliphatic rings. The standard InChI is InChI=1S/C16H14ClNOS/c1-12-7-8-18-10-14(9-15(17)16(12)18)20(19)11-13-5-3-2-4-6-13/h2-10H,11H2,1H3. The van der Waals surface area contributed by atoms with E-state index in [9.17, 15) is 4.21 Å². The molecule has 0 amide bonds. The van der Waals surface area contributed by atoms with E-state index < -0.39 is 10.8 Å². The Morgan fingerprint density at radius 2 is 1.95 bits per heavy atom. The summed E-state index contributed by atoms with van der Waals surface area (Å²) in [7, 11) is -1.10. The summed E-state index contributed by atoms with van der Waals surface area (Å²) in [4.78, 5) is 0.752. The van der Waals surface area contributed by atoms with Crippen LogP contribution in [0.25, 0.3) is 5.52 Å². The van der Waals surface area contributed by atoms with Gasteiger partial charge in [-0.2, -0.15) is 0 Å². The van der Waals surface area contributed by atoms with E-state index in [1.807, 2.05) is 66.2 Å². The first kappa shape index (κ1) is 13.4. The SMILES string of the molecule is Cc1ccn2cc(S(=O)Cc3ccccc3)cc(Cl)c12. The number of aromatic nitrogens is 1. The Balaban J connectivity index is 1.96. The fraction of sp³-hybridized carbons (Fsp3) is 0.125. The zero-order valence-electron chi connectivity index (χ0n) is 11.0. The molecule has 0 bridgehead atoms. The molecule has 1 aromatic carbocycles. The fourth-order valence-corrected chi connectivity index (χ4v) is 3.84. The van der Waals surface area contributed by atoms with E-state index in [1.165, 1.54) is 0 Å². The second kappa shape index (κ2) is 5.43. The van der Waals surface area contributed by atoms with Crippen LogP contribution >= 0.6 is 11.6 Å². The average molecular weight is 304 g/mol. The lowest BCUT2D eigenvalue weighted by atomic mass is 10.2. The fourth-order valence-electron chi connectivity index (χ4n) is 2.27. The molecule has 0 radical (unpaired) electrons. The van der Waals surface area contributed by atoms with E-state index in [0.717, 1.165) is 21.5 Å². The van der Waals surface area contributed by atoms with Gasteiger partial charge in [-0.15, -0.1) is 0 Å². The second-order valence-corrected chi connectivity index (χ2v) is 6.61. The van der Waals surface area contributed by atoms with Crippen LogP contribution in [0.1, 0.15) is 11.1 Å². The number of aryl methyl sites for hydroxylation is 1. The molecule has 2 aromatic heterocycles. The minimum Gasteiger partial charge on any atom is -0.321 e. The molecule has 3 rings (SSSR count). The maximum atomic E-state index is 12.5. The number of hydrogen-bond donors (Lipinski definition) is 0. The number of benzene rings is 1. The summed E-state index contributed by atoms with van der Waals surface area (Å²) < 4.78 is 14.4. The Hall–Kier alpha value is -1.58. The highest BCUT2D eigenvalue weighted by Gasteiger charge is 2.10. The van der Waals surface area contributed by atoms with Crippen molar-refractivity contribution in [3.8, 4) is 0 Å². The molecule has 2 heterocycles. The molecule has 0 saturated carbocycles.